The summed E-state index contributed by atoms with van der Waals surface area (Å²) in [7, 11) is 0. The van der Waals surface area contributed by atoms with Crippen molar-refractivity contribution < 1.29 is 14.1 Å². The average molecular weight is 416 g/mol. The lowest BCUT2D eigenvalue weighted by molar-refractivity contribution is -0.123. The van der Waals surface area contributed by atoms with Crippen molar-refractivity contribution in [2.75, 3.05) is 4.90 Å². The van der Waals surface area contributed by atoms with Crippen LogP contribution >= 0.6 is 0 Å². The fourth-order valence-electron chi connectivity index (χ4n) is 3.78. The fraction of sp³-hybridized carbons (Fsp3) is 0.273. The topological polar surface area (TPSA) is 104 Å². The normalized spacial score (nSPS) is 20.2. The van der Waals surface area contributed by atoms with E-state index in [1.807, 2.05) is 42.5 Å². The molecule has 156 valence electrons. The quantitative estimate of drug-likeness (QED) is 0.591. The lowest BCUT2D eigenvalue weighted by atomic mass is 10.0. The molecule has 0 radical (unpaired) electrons. The van der Waals surface area contributed by atoms with Crippen molar-refractivity contribution in [1.82, 2.24) is 15.1 Å². The van der Waals surface area contributed by atoms with Gasteiger partial charge in [-0.1, -0.05) is 66.7 Å². The van der Waals surface area contributed by atoms with Crippen molar-refractivity contribution in [3.63, 3.8) is 0 Å². The monoisotopic (exact) mass is 416 g/mol. The van der Waals surface area contributed by atoms with Gasteiger partial charge in [-0.3, -0.25) is 14.6 Å². The number of hydrogen-bond acceptors (Lipinski definition) is 8. The van der Waals surface area contributed by atoms with Crippen LogP contribution in [0.4, 0.5) is 5.69 Å². The molecule has 2 amide bonds. The third kappa shape index (κ3) is 3.27. The Morgan fingerprint density at radius 2 is 1.74 bits per heavy atom. The van der Waals surface area contributed by atoms with E-state index in [0.29, 0.717) is 23.3 Å². The lowest BCUT2D eigenvalue weighted by Crippen LogP contribution is -2.39. The molecule has 3 aromatic rings. The van der Waals surface area contributed by atoms with Crippen molar-refractivity contribution in [2.45, 2.75) is 38.4 Å². The molecule has 0 aliphatic carbocycles. The molecule has 2 aromatic carbocycles. The van der Waals surface area contributed by atoms with E-state index >= 15 is 0 Å². The van der Waals surface area contributed by atoms with Crippen LogP contribution in [0.1, 0.15) is 31.2 Å². The van der Waals surface area contributed by atoms with Gasteiger partial charge in [-0.2, -0.15) is 10.1 Å². The first-order chi connectivity index (χ1) is 15.0. The van der Waals surface area contributed by atoms with Gasteiger partial charge in [-0.15, -0.1) is 0 Å². The van der Waals surface area contributed by atoms with E-state index in [1.165, 1.54) is 9.91 Å². The summed E-state index contributed by atoms with van der Waals surface area (Å²) in [4.78, 5) is 31.6. The molecular weight excluding hydrogens is 396 g/mol. The maximum Gasteiger partial charge on any atom is 0.263 e. The smallest absolute Gasteiger partial charge is 0.263 e. The third-order valence-electron chi connectivity index (χ3n) is 5.47. The van der Waals surface area contributed by atoms with Gasteiger partial charge in [0.05, 0.1) is 5.69 Å². The van der Waals surface area contributed by atoms with Gasteiger partial charge in [0.25, 0.3) is 11.8 Å². The second-order valence-corrected chi connectivity index (χ2v) is 7.83. The summed E-state index contributed by atoms with van der Waals surface area (Å²) in [5, 5.41) is 13.5. The van der Waals surface area contributed by atoms with Gasteiger partial charge in [0, 0.05) is 5.56 Å². The number of amides is 2. The zero-order valence-electron chi connectivity index (χ0n) is 17.0. The highest BCUT2D eigenvalue weighted by Gasteiger charge is 2.55. The maximum atomic E-state index is 13.1. The molecule has 0 bridgehead atoms. The van der Waals surface area contributed by atoms with E-state index in [0.717, 1.165) is 11.1 Å². The van der Waals surface area contributed by atoms with Gasteiger partial charge < -0.3 is 4.52 Å². The molecule has 0 N–H and O–H groups in total. The van der Waals surface area contributed by atoms with E-state index in [2.05, 4.69) is 34.3 Å². The molecule has 2 atom stereocenters. The predicted octanol–water partition coefficient (Wildman–Crippen LogP) is 3.35. The molecule has 3 heterocycles. The number of nitrogens with zero attached hydrogens (tertiary/aromatic N) is 6. The highest BCUT2D eigenvalue weighted by Crippen LogP contribution is 2.33. The molecule has 0 spiro atoms. The Bertz CT molecular complexity index is 1160. The number of fused-ring (bicyclic) bond motifs is 1. The van der Waals surface area contributed by atoms with Crippen LogP contribution in [0.15, 0.2) is 69.5 Å². The molecule has 2 aliphatic rings. The van der Waals surface area contributed by atoms with Crippen molar-refractivity contribution in [3.8, 4) is 11.4 Å². The first kappa shape index (κ1) is 19.1. The Hall–Kier alpha value is -3.88. The molecule has 1 fully saturated rings. The number of aromatic nitrogens is 2. The minimum Gasteiger partial charge on any atom is -0.337 e. The highest BCUT2D eigenvalue weighted by atomic mass is 16.5. The molecule has 0 saturated carbocycles. The zero-order chi connectivity index (χ0) is 21.5. The van der Waals surface area contributed by atoms with Crippen molar-refractivity contribution in [3.05, 3.63) is 66.1 Å². The Morgan fingerprint density at radius 3 is 2.45 bits per heavy atom. The number of imide groups is 1. The second kappa shape index (κ2) is 7.42. The summed E-state index contributed by atoms with van der Waals surface area (Å²) >= 11 is 0. The van der Waals surface area contributed by atoms with Gasteiger partial charge in [-0.05, 0) is 23.6 Å². The number of anilines is 1. The van der Waals surface area contributed by atoms with Crippen LogP contribution in [-0.4, -0.2) is 39.0 Å². The number of carbonyl (C=O) groups excluding carboxylic acids is 2. The summed E-state index contributed by atoms with van der Waals surface area (Å²) in [6.45, 7) is 4.26. The largest absolute Gasteiger partial charge is 0.337 e. The predicted molar refractivity (Wildman–Crippen MR) is 111 cm³/mol. The fourth-order valence-corrected chi connectivity index (χ4v) is 3.78. The van der Waals surface area contributed by atoms with Crippen LogP contribution in [0.25, 0.3) is 11.4 Å². The molecule has 9 heteroatoms. The lowest BCUT2D eigenvalue weighted by Gasteiger charge is -2.19. The molecular formula is C22H20N6O3. The molecule has 0 unspecified atom stereocenters. The molecule has 2 aliphatic heterocycles. The zero-order valence-corrected chi connectivity index (χ0v) is 17.0. The van der Waals surface area contributed by atoms with Crippen molar-refractivity contribution in [2.24, 2.45) is 10.3 Å². The Morgan fingerprint density at radius 1 is 1.00 bits per heavy atom. The van der Waals surface area contributed by atoms with Gasteiger partial charge in [-0.25, -0.2) is 4.90 Å². The summed E-state index contributed by atoms with van der Waals surface area (Å²) < 4.78 is 5.32. The number of hydrogen-bond donors (Lipinski definition) is 0. The average Bonchev–Trinajstić information content (AvgIpc) is 3.47. The molecule has 31 heavy (non-hydrogen) atoms. The van der Waals surface area contributed by atoms with E-state index in [9.17, 15) is 9.59 Å². The Labute approximate surface area is 178 Å². The van der Waals surface area contributed by atoms with E-state index < -0.39 is 12.1 Å². The van der Waals surface area contributed by atoms with Gasteiger partial charge >= 0.3 is 0 Å². The molecule has 5 rings (SSSR count). The summed E-state index contributed by atoms with van der Waals surface area (Å²) in [5.74, 6) is 0.356. The summed E-state index contributed by atoms with van der Waals surface area (Å²) in [5.41, 5.74) is 2.49. The molecule has 1 saturated heterocycles. The van der Waals surface area contributed by atoms with E-state index in [1.54, 1.807) is 12.1 Å². The van der Waals surface area contributed by atoms with Crippen LogP contribution in [-0.2, 0) is 16.1 Å². The first-order valence-electron chi connectivity index (χ1n) is 10.1. The molecule has 9 nitrogen and oxygen atoms in total. The number of rotatable bonds is 5. The minimum atomic E-state index is -0.867. The standard InChI is InChI=1S/C22H20N6O3/c1-13(2)14-8-10-16(11-9-14)28-21(29)18-19(22(28)30)27(26-24-18)12-17-23-20(25-31-17)15-6-4-3-5-7-15/h3-11,13,18-19H,12H2,1-2H3/t18-,19-/m0/s1. The van der Waals surface area contributed by atoms with E-state index in [-0.39, 0.29) is 18.4 Å². The van der Waals surface area contributed by atoms with Crippen LogP contribution in [0, 0.1) is 0 Å². The summed E-state index contributed by atoms with van der Waals surface area (Å²) in [6.07, 6.45) is 0. The van der Waals surface area contributed by atoms with Crippen LogP contribution < -0.4 is 4.90 Å². The van der Waals surface area contributed by atoms with Crippen LogP contribution in [0.2, 0.25) is 0 Å². The third-order valence-corrected chi connectivity index (χ3v) is 5.47. The highest BCUT2D eigenvalue weighted by molar-refractivity contribution is 6.25. The van der Waals surface area contributed by atoms with Crippen molar-refractivity contribution >= 4 is 17.5 Å². The number of benzene rings is 2. The summed E-state index contributed by atoms with van der Waals surface area (Å²) in [6, 6.07) is 15.2. The van der Waals surface area contributed by atoms with Crippen LogP contribution in [0.5, 0.6) is 0 Å². The van der Waals surface area contributed by atoms with Gasteiger partial charge in [0.15, 0.2) is 12.1 Å². The van der Waals surface area contributed by atoms with Crippen LogP contribution in [0.3, 0.4) is 0 Å². The Balaban J connectivity index is 1.35. The molecule has 1 aromatic heterocycles. The van der Waals surface area contributed by atoms with Gasteiger partial charge in [0.2, 0.25) is 11.7 Å². The van der Waals surface area contributed by atoms with E-state index in [4.69, 9.17) is 4.52 Å². The maximum absolute atomic E-state index is 13.1. The SMILES string of the molecule is CC(C)c1ccc(N2C(=O)[C@H]3N=NN(Cc4nc(-c5ccccc5)no4)[C@@H]3C2=O)cc1. The van der Waals surface area contributed by atoms with Crippen molar-refractivity contribution in [1.29, 1.82) is 0 Å². The second-order valence-electron chi connectivity index (χ2n) is 7.83. The minimum absolute atomic E-state index is 0.0870. The first-order valence-corrected chi connectivity index (χ1v) is 10.1. The van der Waals surface area contributed by atoms with Gasteiger partial charge in [0.1, 0.15) is 6.54 Å². The Kier molecular flexibility index (Phi) is 4.58. The number of carbonyl (C=O) groups is 2.